The van der Waals surface area contributed by atoms with Gasteiger partial charge < -0.3 is 14.8 Å². The van der Waals surface area contributed by atoms with Crippen LogP contribution in [-0.4, -0.2) is 24.2 Å². The van der Waals surface area contributed by atoms with Gasteiger partial charge in [0.25, 0.3) is 5.56 Å². The van der Waals surface area contributed by atoms with E-state index in [2.05, 4.69) is 5.32 Å². The smallest absolute Gasteiger partial charge is 0.252 e. The Morgan fingerprint density at radius 3 is 2.52 bits per heavy atom. The van der Waals surface area contributed by atoms with Gasteiger partial charge in [-0.2, -0.15) is 0 Å². The van der Waals surface area contributed by atoms with Crippen LogP contribution in [0.3, 0.4) is 0 Å². The van der Waals surface area contributed by atoms with E-state index in [9.17, 15) is 9.59 Å². The lowest BCUT2D eigenvalue weighted by Crippen LogP contribution is -2.33. The van der Waals surface area contributed by atoms with E-state index in [1.165, 1.54) is 4.57 Å². The van der Waals surface area contributed by atoms with E-state index < -0.39 is 6.04 Å². The lowest BCUT2D eigenvalue weighted by molar-refractivity contribution is -0.119. The molecule has 1 atom stereocenters. The molecule has 0 aliphatic heterocycles. The number of rotatable bonds is 7. The molecule has 1 heterocycles. The van der Waals surface area contributed by atoms with Gasteiger partial charge in [0.05, 0.1) is 24.9 Å². The van der Waals surface area contributed by atoms with Crippen LogP contribution in [0, 0.1) is 6.92 Å². The first-order chi connectivity index (χ1) is 14.0. The molecule has 3 rings (SSSR count). The molecule has 0 bridgehead atoms. The standard InChI is InChI=1S/C23H26N2O4/c1-5-18(23(27)24-17-11-7-8-12-19(17)29-6-2)25-21(26)14-15(3)16-10-9-13-20(28-4)22(16)25/h7-14,18H,5-6H2,1-4H3,(H,24,27). The van der Waals surface area contributed by atoms with Gasteiger partial charge in [-0.1, -0.05) is 31.2 Å². The highest BCUT2D eigenvalue weighted by molar-refractivity contribution is 5.97. The predicted molar refractivity (Wildman–Crippen MR) is 115 cm³/mol. The number of hydrogen-bond donors (Lipinski definition) is 1. The van der Waals surface area contributed by atoms with Gasteiger partial charge in [0.2, 0.25) is 5.91 Å². The molecule has 152 valence electrons. The second kappa shape index (κ2) is 8.82. The van der Waals surface area contributed by atoms with E-state index in [0.717, 1.165) is 10.9 Å². The number of benzene rings is 2. The minimum Gasteiger partial charge on any atom is -0.495 e. The maximum atomic E-state index is 13.2. The average Bonchev–Trinajstić information content (AvgIpc) is 2.72. The SMILES string of the molecule is CCOc1ccccc1NC(=O)C(CC)n1c(=O)cc(C)c2cccc(OC)c21. The maximum absolute atomic E-state index is 13.2. The normalized spacial score (nSPS) is 11.9. The van der Waals surface area contributed by atoms with E-state index in [-0.39, 0.29) is 11.5 Å². The molecule has 0 fully saturated rings. The van der Waals surface area contributed by atoms with E-state index in [1.54, 1.807) is 31.4 Å². The Morgan fingerprint density at radius 1 is 1.10 bits per heavy atom. The molecule has 1 aromatic heterocycles. The highest BCUT2D eigenvalue weighted by atomic mass is 16.5. The Bertz CT molecular complexity index is 1090. The second-order valence-corrected chi connectivity index (χ2v) is 6.73. The molecular weight excluding hydrogens is 368 g/mol. The van der Waals surface area contributed by atoms with Gasteiger partial charge in [0.1, 0.15) is 17.5 Å². The molecule has 0 aliphatic rings. The molecule has 1 unspecified atom stereocenters. The first-order valence-electron chi connectivity index (χ1n) is 9.73. The summed E-state index contributed by atoms with van der Waals surface area (Å²) in [7, 11) is 1.56. The van der Waals surface area contributed by atoms with Crippen LogP contribution in [0.25, 0.3) is 10.9 Å². The van der Waals surface area contributed by atoms with Crippen molar-refractivity contribution in [1.29, 1.82) is 0 Å². The maximum Gasteiger partial charge on any atom is 0.252 e. The number of nitrogens with one attached hydrogen (secondary N) is 1. The molecule has 2 aromatic carbocycles. The minimum absolute atomic E-state index is 0.236. The molecule has 6 nitrogen and oxygen atoms in total. The van der Waals surface area contributed by atoms with Crippen LogP contribution in [0.5, 0.6) is 11.5 Å². The summed E-state index contributed by atoms with van der Waals surface area (Å²) in [6, 6.07) is 13.7. The molecule has 1 amide bonds. The van der Waals surface area contributed by atoms with E-state index in [0.29, 0.717) is 35.7 Å². The molecule has 6 heteroatoms. The van der Waals surface area contributed by atoms with Crippen LogP contribution in [0.15, 0.2) is 53.3 Å². The van der Waals surface area contributed by atoms with Crippen molar-refractivity contribution in [2.75, 3.05) is 19.0 Å². The summed E-state index contributed by atoms with van der Waals surface area (Å²) in [6.07, 6.45) is 0.443. The topological polar surface area (TPSA) is 69.6 Å². The van der Waals surface area contributed by atoms with Crippen LogP contribution >= 0.6 is 0 Å². The van der Waals surface area contributed by atoms with Gasteiger partial charge in [-0.05, 0) is 44.0 Å². The number of pyridine rings is 1. The zero-order valence-corrected chi connectivity index (χ0v) is 17.2. The second-order valence-electron chi connectivity index (χ2n) is 6.73. The highest BCUT2D eigenvalue weighted by Gasteiger charge is 2.24. The average molecular weight is 394 g/mol. The third-order valence-corrected chi connectivity index (χ3v) is 4.91. The molecule has 0 saturated heterocycles. The summed E-state index contributed by atoms with van der Waals surface area (Å²) < 4.78 is 12.6. The van der Waals surface area contributed by atoms with Crippen molar-refractivity contribution in [2.45, 2.75) is 33.2 Å². The molecule has 3 aromatic rings. The van der Waals surface area contributed by atoms with E-state index in [4.69, 9.17) is 9.47 Å². The summed E-state index contributed by atoms with van der Waals surface area (Å²) in [5, 5.41) is 3.80. The fourth-order valence-corrected chi connectivity index (χ4v) is 3.56. The molecule has 1 N–H and O–H groups in total. The number of aromatic nitrogens is 1. The summed E-state index contributed by atoms with van der Waals surface area (Å²) in [5.41, 5.74) is 1.81. The fraction of sp³-hybridized carbons (Fsp3) is 0.304. The molecule has 0 aliphatic carbocycles. The van der Waals surface area contributed by atoms with Gasteiger partial charge in [0.15, 0.2) is 0 Å². The van der Waals surface area contributed by atoms with Crippen LogP contribution in [0.4, 0.5) is 5.69 Å². The number of carbonyl (C=O) groups excluding carboxylic acids is 1. The van der Waals surface area contributed by atoms with E-state index >= 15 is 0 Å². The molecule has 29 heavy (non-hydrogen) atoms. The molecular formula is C23H26N2O4. The fourth-order valence-electron chi connectivity index (χ4n) is 3.56. The Labute approximate surface area is 170 Å². The number of nitrogens with zero attached hydrogens (tertiary/aromatic N) is 1. The van der Waals surface area contributed by atoms with Crippen molar-refractivity contribution < 1.29 is 14.3 Å². The lowest BCUT2D eigenvalue weighted by atomic mass is 10.1. The number of carbonyl (C=O) groups is 1. The van der Waals surface area contributed by atoms with Crippen molar-refractivity contribution in [3.63, 3.8) is 0 Å². The zero-order chi connectivity index (χ0) is 21.0. The van der Waals surface area contributed by atoms with Crippen LogP contribution < -0.4 is 20.3 Å². The number of hydrogen-bond acceptors (Lipinski definition) is 4. The largest absolute Gasteiger partial charge is 0.495 e. The quantitative estimate of drug-likeness (QED) is 0.648. The Kier molecular flexibility index (Phi) is 6.22. The minimum atomic E-state index is -0.698. The van der Waals surface area contributed by atoms with Crippen LogP contribution in [0.1, 0.15) is 31.9 Å². The van der Waals surface area contributed by atoms with Crippen LogP contribution in [-0.2, 0) is 4.79 Å². The summed E-state index contributed by atoms with van der Waals surface area (Å²) in [4.78, 5) is 26.2. The third kappa shape index (κ3) is 3.97. The highest BCUT2D eigenvalue weighted by Crippen LogP contribution is 2.30. The van der Waals surface area contributed by atoms with Gasteiger partial charge in [-0.25, -0.2) is 0 Å². The summed E-state index contributed by atoms with van der Waals surface area (Å²) >= 11 is 0. The van der Waals surface area contributed by atoms with Crippen molar-refractivity contribution in [3.05, 3.63) is 64.4 Å². The number of methoxy groups -OCH3 is 1. The number of fused-ring (bicyclic) bond motifs is 1. The van der Waals surface area contributed by atoms with Crippen molar-refractivity contribution >= 4 is 22.5 Å². The first kappa shape index (κ1) is 20.5. The monoisotopic (exact) mass is 394 g/mol. The Hall–Kier alpha value is -3.28. The van der Waals surface area contributed by atoms with Crippen LogP contribution in [0.2, 0.25) is 0 Å². The molecule has 0 saturated carbocycles. The molecule has 0 spiro atoms. The number of aryl methyl sites for hydroxylation is 1. The number of amides is 1. The number of anilines is 1. The number of ether oxygens (including phenoxy) is 2. The van der Waals surface area contributed by atoms with Crippen molar-refractivity contribution in [1.82, 2.24) is 4.57 Å². The van der Waals surface area contributed by atoms with E-state index in [1.807, 2.05) is 45.0 Å². The summed E-state index contributed by atoms with van der Waals surface area (Å²) in [6.45, 7) is 6.14. The Morgan fingerprint density at radius 2 is 1.83 bits per heavy atom. The lowest BCUT2D eigenvalue weighted by Gasteiger charge is -2.22. The third-order valence-electron chi connectivity index (χ3n) is 4.91. The van der Waals surface area contributed by atoms with Gasteiger partial charge >= 0.3 is 0 Å². The van der Waals surface area contributed by atoms with Crippen molar-refractivity contribution in [3.8, 4) is 11.5 Å². The predicted octanol–water partition coefficient (Wildman–Crippen LogP) is 4.31. The zero-order valence-electron chi connectivity index (χ0n) is 17.2. The van der Waals surface area contributed by atoms with Crippen molar-refractivity contribution in [2.24, 2.45) is 0 Å². The van der Waals surface area contributed by atoms with Gasteiger partial charge in [-0.3, -0.25) is 14.2 Å². The molecule has 0 radical (unpaired) electrons. The number of para-hydroxylation sites is 3. The van der Waals surface area contributed by atoms with Gasteiger partial charge in [0, 0.05) is 11.5 Å². The summed E-state index contributed by atoms with van der Waals surface area (Å²) in [5.74, 6) is 0.874. The van der Waals surface area contributed by atoms with Gasteiger partial charge in [-0.15, -0.1) is 0 Å². The first-order valence-corrected chi connectivity index (χ1v) is 9.73. The Balaban J connectivity index is 2.10.